The quantitative estimate of drug-likeness (QED) is 0.737. The minimum Gasteiger partial charge on any atom is -0.355 e. The number of aryl methyl sites for hydroxylation is 2. The fourth-order valence-corrected chi connectivity index (χ4v) is 2.98. The normalized spacial score (nSPS) is 11.2. The molecule has 0 fully saturated rings. The highest BCUT2D eigenvalue weighted by Crippen LogP contribution is 2.26. The van der Waals surface area contributed by atoms with Crippen molar-refractivity contribution in [3.8, 4) is 5.69 Å². The highest BCUT2D eigenvalue weighted by atomic mass is 15.5. The summed E-state index contributed by atoms with van der Waals surface area (Å²) in [5.41, 5.74) is 6.27. The molecule has 6 heteroatoms. The van der Waals surface area contributed by atoms with Gasteiger partial charge in [-0.1, -0.05) is 11.3 Å². The summed E-state index contributed by atoms with van der Waals surface area (Å²) in [5.74, 6) is 1.59. The molecule has 0 unspecified atom stereocenters. The van der Waals surface area contributed by atoms with Crippen molar-refractivity contribution in [1.29, 1.82) is 0 Å². The molecule has 0 amide bonds. The van der Waals surface area contributed by atoms with Crippen molar-refractivity contribution >= 4 is 17.0 Å². The van der Waals surface area contributed by atoms with Crippen LogP contribution in [0.2, 0.25) is 0 Å². The monoisotopic (exact) mass is 324 g/mol. The molecule has 0 atom stereocenters. The number of hydrogen-bond acceptors (Lipinski definition) is 5. The molecule has 2 heterocycles. The van der Waals surface area contributed by atoms with E-state index in [0.717, 1.165) is 41.6 Å². The predicted octanol–water partition coefficient (Wildman–Crippen LogP) is 3.29. The second-order valence-electron chi connectivity index (χ2n) is 6.09. The zero-order chi connectivity index (χ0) is 17.4. The van der Waals surface area contributed by atoms with Crippen molar-refractivity contribution in [3.05, 3.63) is 34.6 Å². The Morgan fingerprint density at radius 2 is 1.67 bits per heavy atom. The van der Waals surface area contributed by atoms with Gasteiger partial charge in [0, 0.05) is 13.1 Å². The SMILES string of the molecule is CCN(CC)c1nc(C)nc2c1nnn2-c1ccc(C)c(C)c1C. The molecule has 3 rings (SSSR count). The number of benzene rings is 1. The molecule has 0 spiro atoms. The summed E-state index contributed by atoms with van der Waals surface area (Å²) < 4.78 is 1.83. The van der Waals surface area contributed by atoms with Gasteiger partial charge < -0.3 is 4.90 Å². The standard InChI is InChI=1S/C18H24N6/c1-7-23(8-2)17-16-18(20-14(6)19-17)24(22-21-16)15-10-9-11(3)12(4)13(15)5/h9-10H,7-8H2,1-6H3. The Hall–Kier alpha value is -2.50. The van der Waals surface area contributed by atoms with E-state index >= 15 is 0 Å². The first-order valence-electron chi connectivity index (χ1n) is 8.40. The average molecular weight is 324 g/mol. The maximum absolute atomic E-state index is 4.62. The summed E-state index contributed by atoms with van der Waals surface area (Å²) in [6, 6.07) is 4.20. The molecule has 0 aliphatic heterocycles. The van der Waals surface area contributed by atoms with Crippen molar-refractivity contribution < 1.29 is 0 Å². The van der Waals surface area contributed by atoms with Crippen molar-refractivity contribution in [2.24, 2.45) is 0 Å². The first-order valence-corrected chi connectivity index (χ1v) is 8.40. The zero-order valence-corrected chi connectivity index (χ0v) is 15.3. The van der Waals surface area contributed by atoms with Crippen LogP contribution in [0.3, 0.4) is 0 Å². The summed E-state index contributed by atoms with van der Waals surface area (Å²) in [6.07, 6.45) is 0. The van der Waals surface area contributed by atoms with Gasteiger partial charge >= 0.3 is 0 Å². The molecule has 126 valence electrons. The fraction of sp³-hybridized carbons (Fsp3) is 0.444. The van der Waals surface area contributed by atoms with Crippen LogP contribution >= 0.6 is 0 Å². The third-order valence-corrected chi connectivity index (χ3v) is 4.71. The lowest BCUT2D eigenvalue weighted by Crippen LogP contribution is -2.23. The van der Waals surface area contributed by atoms with E-state index in [1.165, 1.54) is 16.7 Å². The second-order valence-corrected chi connectivity index (χ2v) is 6.09. The first kappa shape index (κ1) is 16.4. The molecule has 6 nitrogen and oxygen atoms in total. The minimum atomic E-state index is 0.731. The van der Waals surface area contributed by atoms with Crippen LogP contribution in [0.1, 0.15) is 36.4 Å². The van der Waals surface area contributed by atoms with E-state index in [1.54, 1.807) is 0 Å². The van der Waals surface area contributed by atoms with E-state index in [4.69, 9.17) is 0 Å². The summed E-state index contributed by atoms with van der Waals surface area (Å²) in [7, 11) is 0. The molecule has 0 aliphatic rings. The van der Waals surface area contributed by atoms with E-state index in [9.17, 15) is 0 Å². The molecule has 0 saturated carbocycles. The Bertz CT molecular complexity index is 892. The van der Waals surface area contributed by atoms with Gasteiger partial charge in [-0.2, -0.15) is 4.68 Å². The first-order chi connectivity index (χ1) is 11.5. The molecular weight excluding hydrogens is 300 g/mol. The molecule has 24 heavy (non-hydrogen) atoms. The molecule has 1 aromatic carbocycles. The average Bonchev–Trinajstić information content (AvgIpc) is 2.97. The lowest BCUT2D eigenvalue weighted by Gasteiger charge is -2.20. The van der Waals surface area contributed by atoms with Crippen LogP contribution in [0.25, 0.3) is 16.9 Å². The zero-order valence-electron chi connectivity index (χ0n) is 15.3. The number of anilines is 1. The van der Waals surface area contributed by atoms with Crippen LogP contribution in [0, 0.1) is 27.7 Å². The third kappa shape index (κ3) is 2.52. The van der Waals surface area contributed by atoms with Gasteiger partial charge in [0.1, 0.15) is 5.82 Å². The molecule has 0 N–H and O–H groups in total. The minimum absolute atomic E-state index is 0.731. The lowest BCUT2D eigenvalue weighted by atomic mass is 10.0. The third-order valence-electron chi connectivity index (χ3n) is 4.71. The fourth-order valence-electron chi connectivity index (χ4n) is 2.98. The van der Waals surface area contributed by atoms with Crippen LogP contribution in [0.5, 0.6) is 0 Å². The van der Waals surface area contributed by atoms with E-state index in [0.29, 0.717) is 0 Å². The van der Waals surface area contributed by atoms with Crippen molar-refractivity contribution in [2.45, 2.75) is 41.5 Å². The smallest absolute Gasteiger partial charge is 0.189 e. The molecular formula is C18H24N6. The van der Waals surface area contributed by atoms with Gasteiger partial charge in [-0.05, 0) is 64.3 Å². The van der Waals surface area contributed by atoms with Gasteiger partial charge in [0.25, 0.3) is 0 Å². The highest BCUT2D eigenvalue weighted by Gasteiger charge is 2.19. The summed E-state index contributed by atoms with van der Waals surface area (Å²) in [6.45, 7) is 14.3. The Morgan fingerprint density at radius 1 is 0.958 bits per heavy atom. The van der Waals surface area contributed by atoms with Crippen LogP contribution in [-0.4, -0.2) is 38.1 Å². The maximum Gasteiger partial charge on any atom is 0.189 e. The Morgan fingerprint density at radius 3 is 2.33 bits per heavy atom. The summed E-state index contributed by atoms with van der Waals surface area (Å²) in [4.78, 5) is 11.4. The van der Waals surface area contributed by atoms with Gasteiger partial charge in [0.2, 0.25) is 0 Å². The Labute approximate surface area is 142 Å². The van der Waals surface area contributed by atoms with Crippen LogP contribution in [0.4, 0.5) is 5.82 Å². The lowest BCUT2D eigenvalue weighted by molar-refractivity contribution is 0.809. The van der Waals surface area contributed by atoms with E-state index in [2.05, 4.69) is 71.9 Å². The van der Waals surface area contributed by atoms with E-state index in [1.807, 2.05) is 11.6 Å². The molecule has 0 bridgehead atoms. The molecule has 3 aromatic rings. The van der Waals surface area contributed by atoms with Crippen LogP contribution < -0.4 is 4.90 Å². The molecule has 0 radical (unpaired) electrons. The summed E-state index contributed by atoms with van der Waals surface area (Å²) in [5, 5.41) is 8.78. The van der Waals surface area contributed by atoms with Crippen molar-refractivity contribution in [2.75, 3.05) is 18.0 Å². The molecule has 2 aromatic heterocycles. The van der Waals surface area contributed by atoms with Gasteiger partial charge in [0.15, 0.2) is 17.0 Å². The Balaban J connectivity index is 2.27. The number of aromatic nitrogens is 5. The van der Waals surface area contributed by atoms with Gasteiger partial charge in [0.05, 0.1) is 5.69 Å². The topological polar surface area (TPSA) is 59.7 Å². The van der Waals surface area contributed by atoms with Gasteiger partial charge in [-0.25, -0.2) is 9.97 Å². The van der Waals surface area contributed by atoms with E-state index < -0.39 is 0 Å². The van der Waals surface area contributed by atoms with Gasteiger partial charge in [-0.3, -0.25) is 0 Å². The number of fused-ring (bicyclic) bond motifs is 1. The predicted molar refractivity (Wildman–Crippen MR) is 97.0 cm³/mol. The summed E-state index contributed by atoms with van der Waals surface area (Å²) >= 11 is 0. The number of hydrogen-bond donors (Lipinski definition) is 0. The molecule has 0 aliphatic carbocycles. The second kappa shape index (κ2) is 6.19. The van der Waals surface area contributed by atoms with Crippen LogP contribution in [-0.2, 0) is 0 Å². The Kier molecular flexibility index (Phi) is 4.22. The number of nitrogens with zero attached hydrogens (tertiary/aromatic N) is 6. The van der Waals surface area contributed by atoms with Crippen LogP contribution in [0.15, 0.2) is 12.1 Å². The van der Waals surface area contributed by atoms with Crippen molar-refractivity contribution in [3.63, 3.8) is 0 Å². The maximum atomic E-state index is 4.62. The highest BCUT2D eigenvalue weighted by molar-refractivity contribution is 5.84. The molecule has 0 saturated heterocycles. The largest absolute Gasteiger partial charge is 0.355 e. The van der Waals surface area contributed by atoms with Gasteiger partial charge in [-0.15, -0.1) is 5.10 Å². The van der Waals surface area contributed by atoms with E-state index in [-0.39, 0.29) is 0 Å². The number of rotatable bonds is 4. The van der Waals surface area contributed by atoms with Crippen molar-refractivity contribution in [1.82, 2.24) is 25.0 Å².